The second kappa shape index (κ2) is 13.5. The number of nitrogens with zero attached hydrogens (tertiary/aromatic N) is 1. The van der Waals surface area contributed by atoms with Crippen LogP contribution in [0.2, 0.25) is 10.0 Å². The molecular weight excluding hydrogens is 594 g/mol. The molecule has 1 aliphatic rings. The normalized spacial score (nSPS) is 16.5. The van der Waals surface area contributed by atoms with Crippen molar-refractivity contribution >= 4 is 44.9 Å². The van der Waals surface area contributed by atoms with Crippen molar-refractivity contribution in [2.24, 2.45) is 0 Å². The van der Waals surface area contributed by atoms with Gasteiger partial charge < -0.3 is 15.7 Å². The molecule has 0 spiro atoms. The topological polar surface area (TPSA) is 116 Å². The van der Waals surface area contributed by atoms with Gasteiger partial charge >= 0.3 is 6.18 Å². The highest BCUT2D eigenvalue weighted by molar-refractivity contribution is 7.91. The molecule has 0 radical (unpaired) electrons. The van der Waals surface area contributed by atoms with Crippen molar-refractivity contribution in [1.29, 1.82) is 0 Å². The van der Waals surface area contributed by atoms with Gasteiger partial charge in [0.05, 0.1) is 22.8 Å². The zero-order chi connectivity index (χ0) is 29.7. The van der Waals surface area contributed by atoms with Gasteiger partial charge in [0, 0.05) is 47.7 Å². The van der Waals surface area contributed by atoms with Gasteiger partial charge in [-0.25, -0.2) is 8.42 Å². The molecule has 0 aliphatic carbocycles. The van der Waals surface area contributed by atoms with E-state index in [-0.39, 0.29) is 75.5 Å². The van der Waals surface area contributed by atoms with E-state index in [9.17, 15) is 31.2 Å². The summed E-state index contributed by atoms with van der Waals surface area (Å²) in [5.41, 5.74) is -1.39. The molecule has 1 saturated heterocycles. The standard InChI is InChI=1S/C26H30Cl2F3N3O5S/c1-2-40(38,39)23-6-5-18(27)10-17(23)13-32-25(37)16-11-21(26(29,30)31)20(22(28)12-16)15-34-8-3-4-19(14-34)33-24(36)7-9-35/h5-6,10-12,19,35H,2-4,7-9,13-15H2,1H3,(H,32,37)(H,33,36)/t19-/m0/s1. The van der Waals surface area contributed by atoms with Gasteiger partial charge in [-0.2, -0.15) is 13.2 Å². The highest BCUT2D eigenvalue weighted by atomic mass is 35.5. The molecule has 8 nitrogen and oxygen atoms in total. The van der Waals surface area contributed by atoms with Gasteiger partial charge in [0.25, 0.3) is 5.91 Å². The minimum Gasteiger partial charge on any atom is -0.396 e. The van der Waals surface area contributed by atoms with Crippen molar-refractivity contribution in [2.45, 2.75) is 56.4 Å². The van der Waals surface area contributed by atoms with Crippen LogP contribution < -0.4 is 10.6 Å². The van der Waals surface area contributed by atoms with Crippen LogP contribution in [-0.4, -0.2) is 61.7 Å². The minimum atomic E-state index is -4.81. The van der Waals surface area contributed by atoms with Gasteiger partial charge in [-0.3, -0.25) is 14.5 Å². The summed E-state index contributed by atoms with van der Waals surface area (Å²) in [6, 6.07) is 5.69. The zero-order valence-electron chi connectivity index (χ0n) is 21.7. The maximum atomic E-state index is 14.1. The number of amides is 2. The molecule has 2 amide bonds. The molecule has 40 heavy (non-hydrogen) atoms. The number of aliphatic hydroxyl groups is 1. The smallest absolute Gasteiger partial charge is 0.396 e. The molecule has 2 aromatic carbocycles. The van der Waals surface area contributed by atoms with Crippen molar-refractivity contribution in [3.63, 3.8) is 0 Å². The fraction of sp³-hybridized carbons (Fsp3) is 0.462. The number of hydrogen-bond acceptors (Lipinski definition) is 6. The number of carbonyl (C=O) groups is 2. The Balaban J connectivity index is 1.82. The predicted molar refractivity (Wildman–Crippen MR) is 145 cm³/mol. The van der Waals surface area contributed by atoms with Gasteiger partial charge in [-0.05, 0) is 60.8 Å². The molecule has 0 bridgehead atoms. The number of carbonyl (C=O) groups excluding carboxylic acids is 2. The molecule has 220 valence electrons. The maximum absolute atomic E-state index is 14.1. The monoisotopic (exact) mass is 623 g/mol. The van der Waals surface area contributed by atoms with E-state index in [0.29, 0.717) is 25.9 Å². The molecule has 1 aliphatic heterocycles. The first kappa shape index (κ1) is 32.1. The van der Waals surface area contributed by atoms with Crippen molar-refractivity contribution in [3.05, 3.63) is 62.6 Å². The highest BCUT2D eigenvalue weighted by Gasteiger charge is 2.36. The molecule has 1 atom stereocenters. The molecule has 14 heteroatoms. The van der Waals surface area contributed by atoms with Crippen LogP contribution >= 0.6 is 23.2 Å². The number of piperidine rings is 1. The van der Waals surface area contributed by atoms with Crippen LogP contribution in [0.5, 0.6) is 0 Å². The van der Waals surface area contributed by atoms with Crippen LogP contribution in [-0.2, 0) is 33.9 Å². The first-order valence-electron chi connectivity index (χ1n) is 12.6. The van der Waals surface area contributed by atoms with Crippen molar-refractivity contribution in [3.8, 4) is 0 Å². The fourth-order valence-corrected chi connectivity index (χ4v) is 6.14. The van der Waals surface area contributed by atoms with E-state index < -0.39 is 27.5 Å². The number of sulfone groups is 1. The Bertz CT molecular complexity index is 1360. The van der Waals surface area contributed by atoms with Gasteiger partial charge in [0.2, 0.25) is 5.91 Å². The first-order chi connectivity index (χ1) is 18.7. The molecule has 1 heterocycles. The molecule has 1 fully saturated rings. The number of halogens is 5. The van der Waals surface area contributed by atoms with Crippen LogP contribution in [0.15, 0.2) is 35.2 Å². The van der Waals surface area contributed by atoms with Crippen LogP contribution in [0.3, 0.4) is 0 Å². The van der Waals surface area contributed by atoms with Crippen molar-refractivity contribution in [1.82, 2.24) is 15.5 Å². The largest absolute Gasteiger partial charge is 0.416 e. The van der Waals surface area contributed by atoms with Gasteiger partial charge in [-0.1, -0.05) is 30.1 Å². The number of benzene rings is 2. The summed E-state index contributed by atoms with van der Waals surface area (Å²) in [4.78, 5) is 26.4. The summed E-state index contributed by atoms with van der Waals surface area (Å²) < 4.78 is 67.2. The van der Waals surface area contributed by atoms with E-state index >= 15 is 0 Å². The average molecular weight is 625 g/mol. The number of hydrogen-bond donors (Lipinski definition) is 3. The lowest BCUT2D eigenvalue weighted by molar-refractivity contribution is -0.138. The summed E-state index contributed by atoms with van der Waals surface area (Å²) in [5, 5.41) is 14.1. The van der Waals surface area contributed by atoms with Gasteiger partial charge in [-0.15, -0.1) is 0 Å². The Morgan fingerprint density at radius 3 is 2.55 bits per heavy atom. The summed E-state index contributed by atoms with van der Waals surface area (Å²) >= 11 is 12.3. The summed E-state index contributed by atoms with van der Waals surface area (Å²) in [6.07, 6.45) is -3.57. The number of nitrogens with one attached hydrogen (secondary N) is 2. The highest BCUT2D eigenvalue weighted by Crippen LogP contribution is 2.37. The number of likely N-dealkylation sites (tertiary alicyclic amines) is 1. The Morgan fingerprint density at radius 1 is 1.18 bits per heavy atom. The lowest BCUT2D eigenvalue weighted by atomic mass is 9.99. The molecule has 0 aromatic heterocycles. The Hall–Kier alpha value is -2.38. The third kappa shape index (κ3) is 8.32. The molecule has 0 unspecified atom stereocenters. The van der Waals surface area contributed by atoms with E-state index in [2.05, 4.69) is 10.6 Å². The van der Waals surface area contributed by atoms with E-state index in [1.807, 2.05) is 0 Å². The zero-order valence-corrected chi connectivity index (χ0v) is 24.0. The summed E-state index contributed by atoms with van der Waals surface area (Å²) in [6.45, 7) is 1.52. The maximum Gasteiger partial charge on any atom is 0.416 e. The van der Waals surface area contributed by atoms with E-state index in [1.165, 1.54) is 25.1 Å². The second-order valence-electron chi connectivity index (χ2n) is 9.44. The van der Waals surface area contributed by atoms with Gasteiger partial charge in [0.1, 0.15) is 0 Å². The van der Waals surface area contributed by atoms with Crippen LogP contribution in [0.25, 0.3) is 0 Å². The fourth-order valence-electron chi connectivity index (χ4n) is 4.55. The SMILES string of the molecule is CCS(=O)(=O)c1ccc(Cl)cc1CNC(=O)c1cc(Cl)c(CN2CCC[C@H](NC(=O)CCO)C2)c(C(F)(F)F)c1. The number of aliphatic hydroxyl groups excluding tert-OH is 1. The van der Waals surface area contributed by atoms with Crippen LogP contribution in [0, 0.1) is 0 Å². The lowest BCUT2D eigenvalue weighted by Gasteiger charge is -2.34. The summed E-state index contributed by atoms with van der Waals surface area (Å²) in [7, 11) is -3.64. The molecule has 3 N–H and O–H groups in total. The Kier molecular flexibility index (Phi) is 10.9. The Morgan fingerprint density at radius 2 is 1.90 bits per heavy atom. The number of alkyl halides is 3. The third-order valence-corrected chi connectivity index (χ3v) is 8.93. The summed E-state index contributed by atoms with van der Waals surface area (Å²) in [5.74, 6) is -1.40. The number of rotatable bonds is 10. The molecule has 0 saturated carbocycles. The quantitative estimate of drug-likeness (QED) is 0.365. The van der Waals surface area contributed by atoms with Gasteiger partial charge in [0.15, 0.2) is 9.84 Å². The molecule has 2 aromatic rings. The lowest BCUT2D eigenvalue weighted by Crippen LogP contribution is -2.47. The minimum absolute atomic E-state index is 0.0311. The second-order valence-corrected chi connectivity index (χ2v) is 12.5. The average Bonchev–Trinajstić information content (AvgIpc) is 2.87. The Labute approximate surface area is 240 Å². The van der Waals surface area contributed by atoms with Crippen molar-refractivity contribution in [2.75, 3.05) is 25.4 Å². The molecular formula is C26H30Cl2F3N3O5S. The van der Waals surface area contributed by atoms with E-state index in [1.54, 1.807) is 4.90 Å². The van der Waals surface area contributed by atoms with Crippen LogP contribution in [0.4, 0.5) is 13.2 Å². The molecule has 3 rings (SSSR count). The van der Waals surface area contributed by atoms with Crippen molar-refractivity contribution < 1.29 is 36.3 Å². The first-order valence-corrected chi connectivity index (χ1v) is 15.0. The third-order valence-electron chi connectivity index (χ3n) is 6.53. The van der Waals surface area contributed by atoms with E-state index in [0.717, 1.165) is 12.1 Å². The van der Waals surface area contributed by atoms with Crippen LogP contribution in [0.1, 0.15) is 53.2 Å². The predicted octanol–water partition coefficient (Wildman–Crippen LogP) is 4.20. The van der Waals surface area contributed by atoms with E-state index in [4.69, 9.17) is 28.3 Å².